The smallest absolute Gasteiger partial charge is 0.246 e. The van der Waals surface area contributed by atoms with Gasteiger partial charge in [-0.25, -0.2) is 0 Å². The third kappa shape index (κ3) is 2.98. The number of nitrogens with zero attached hydrogens (tertiary/aromatic N) is 2. The first-order valence-electron chi connectivity index (χ1n) is 7.26. The Morgan fingerprint density at radius 1 is 1.43 bits per heavy atom. The fourth-order valence-electron chi connectivity index (χ4n) is 3.08. The molecule has 0 saturated carbocycles. The zero-order valence-electron chi connectivity index (χ0n) is 11.9. The Morgan fingerprint density at radius 2 is 2.33 bits per heavy atom. The van der Waals surface area contributed by atoms with Crippen LogP contribution in [-0.2, 0) is 9.53 Å². The monoisotopic (exact) mass is 282 g/mol. The second-order valence-electron chi connectivity index (χ2n) is 5.88. The van der Waals surface area contributed by atoms with Gasteiger partial charge < -0.3 is 9.64 Å². The molecule has 3 rings (SSSR count). The first-order valence-corrected chi connectivity index (χ1v) is 7.26. The Balaban J connectivity index is 1.64. The maximum absolute atomic E-state index is 12.2. The molecule has 21 heavy (non-hydrogen) atoms. The highest BCUT2D eigenvalue weighted by Gasteiger charge is 2.42. The minimum absolute atomic E-state index is 0.0427. The number of benzene rings is 1. The predicted octanol–water partition coefficient (Wildman–Crippen LogP) is 2.21. The molecule has 2 aliphatic heterocycles. The van der Waals surface area contributed by atoms with Crippen molar-refractivity contribution in [2.75, 3.05) is 26.3 Å². The molecule has 0 radical (unpaired) electrons. The van der Waals surface area contributed by atoms with E-state index in [1.807, 2.05) is 17.0 Å². The average molecular weight is 282 g/mol. The van der Waals surface area contributed by atoms with Crippen LogP contribution in [0.5, 0.6) is 0 Å². The van der Waals surface area contributed by atoms with Gasteiger partial charge in [0.15, 0.2) is 0 Å². The van der Waals surface area contributed by atoms with Gasteiger partial charge in [0.2, 0.25) is 5.91 Å². The van der Waals surface area contributed by atoms with E-state index in [9.17, 15) is 4.79 Å². The van der Waals surface area contributed by atoms with E-state index in [0.717, 1.165) is 44.7 Å². The Labute approximate surface area is 124 Å². The molecule has 1 amide bonds. The maximum Gasteiger partial charge on any atom is 0.246 e. The minimum Gasteiger partial charge on any atom is -0.381 e. The summed E-state index contributed by atoms with van der Waals surface area (Å²) in [4.78, 5) is 14.1. The molecule has 0 bridgehead atoms. The largest absolute Gasteiger partial charge is 0.381 e. The van der Waals surface area contributed by atoms with E-state index < -0.39 is 0 Å². The topological polar surface area (TPSA) is 53.3 Å². The molecule has 1 aromatic carbocycles. The summed E-state index contributed by atoms with van der Waals surface area (Å²) in [6.45, 7) is 3.21. The number of nitriles is 1. The van der Waals surface area contributed by atoms with Crippen molar-refractivity contribution in [1.29, 1.82) is 5.26 Å². The Hall–Kier alpha value is -2.12. The lowest BCUT2D eigenvalue weighted by Gasteiger charge is -2.21. The number of hydrogen-bond acceptors (Lipinski definition) is 3. The van der Waals surface area contributed by atoms with Crippen molar-refractivity contribution in [3.63, 3.8) is 0 Å². The van der Waals surface area contributed by atoms with Crippen molar-refractivity contribution in [2.24, 2.45) is 5.41 Å². The summed E-state index contributed by atoms with van der Waals surface area (Å²) in [6, 6.07) is 9.34. The number of rotatable bonds is 2. The molecule has 1 aromatic rings. The lowest BCUT2D eigenvalue weighted by Crippen LogP contribution is -2.31. The van der Waals surface area contributed by atoms with E-state index in [2.05, 4.69) is 6.07 Å². The number of amides is 1. The number of ether oxygens (including phenoxy) is 1. The zero-order chi connectivity index (χ0) is 14.7. The molecule has 2 heterocycles. The van der Waals surface area contributed by atoms with Crippen LogP contribution >= 0.6 is 0 Å². The van der Waals surface area contributed by atoms with E-state index >= 15 is 0 Å². The standard InChI is InChI=1S/C17H18N2O2/c18-11-15-3-1-2-14(10-15)4-5-16(20)19-8-6-17(12-19)7-9-21-13-17/h1-5,10H,6-9,12-13H2/b5-4+. The van der Waals surface area contributed by atoms with E-state index in [0.29, 0.717) is 5.56 Å². The number of carbonyl (C=O) groups is 1. The van der Waals surface area contributed by atoms with Gasteiger partial charge in [0.05, 0.1) is 18.2 Å². The molecule has 1 unspecified atom stereocenters. The van der Waals surface area contributed by atoms with Crippen molar-refractivity contribution in [2.45, 2.75) is 12.8 Å². The zero-order valence-corrected chi connectivity index (χ0v) is 11.9. The normalized spacial score (nSPS) is 24.8. The van der Waals surface area contributed by atoms with Crippen molar-refractivity contribution in [3.8, 4) is 6.07 Å². The van der Waals surface area contributed by atoms with Crippen LogP contribution in [0.3, 0.4) is 0 Å². The summed E-state index contributed by atoms with van der Waals surface area (Å²) in [5.74, 6) is 0.0427. The van der Waals surface area contributed by atoms with Gasteiger partial charge in [-0.1, -0.05) is 12.1 Å². The molecule has 0 N–H and O–H groups in total. The number of carbonyl (C=O) groups excluding carboxylic acids is 1. The van der Waals surface area contributed by atoms with Gasteiger partial charge in [0.25, 0.3) is 0 Å². The van der Waals surface area contributed by atoms with Gasteiger partial charge in [-0.15, -0.1) is 0 Å². The van der Waals surface area contributed by atoms with Crippen LogP contribution in [0.1, 0.15) is 24.0 Å². The average Bonchev–Trinajstić information content (AvgIpc) is 3.16. The minimum atomic E-state index is 0.0427. The SMILES string of the molecule is N#Cc1cccc(/C=C/C(=O)N2CCC3(CCOC3)C2)c1. The molecule has 0 aromatic heterocycles. The van der Waals surface area contributed by atoms with Crippen LogP contribution in [0.2, 0.25) is 0 Å². The van der Waals surface area contributed by atoms with Gasteiger partial charge in [-0.3, -0.25) is 4.79 Å². The lowest BCUT2D eigenvalue weighted by molar-refractivity contribution is -0.125. The summed E-state index contributed by atoms with van der Waals surface area (Å²) < 4.78 is 5.48. The Morgan fingerprint density at radius 3 is 3.10 bits per heavy atom. The molecule has 1 spiro atoms. The fourth-order valence-corrected chi connectivity index (χ4v) is 3.08. The Bertz CT molecular complexity index is 609. The quantitative estimate of drug-likeness (QED) is 0.781. The van der Waals surface area contributed by atoms with Crippen molar-refractivity contribution >= 4 is 12.0 Å². The van der Waals surface area contributed by atoms with Crippen molar-refractivity contribution in [3.05, 3.63) is 41.5 Å². The third-order valence-electron chi connectivity index (χ3n) is 4.37. The van der Waals surface area contributed by atoms with E-state index in [4.69, 9.17) is 10.00 Å². The summed E-state index contributed by atoms with van der Waals surface area (Å²) in [6.07, 6.45) is 5.48. The third-order valence-corrected chi connectivity index (χ3v) is 4.37. The van der Waals surface area contributed by atoms with Gasteiger partial charge in [-0.05, 0) is 36.6 Å². The first kappa shape index (κ1) is 13.8. The highest BCUT2D eigenvalue weighted by molar-refractivity contribution is 5.92. The van der Waals surface area contributed by atoms with Crippen LogP contribution in [0.15, 0.2) is 30.3 Å². The van der Waals surface area contributed by atoms with Crippen LogP contribution in [0.4, 0.5) is 0 Å². The molecule has 2 aliphatic rings. The molecule has 4 heteroatoms. The molecule has 1 atom stereocenters. The number of likely N-dealkylation sites (tertiary alicyclic amines) is 1. The summed E-state index contributed by atoms with van der Waals surface area (Å²) in [5, 5.41) is 8.87. The molecule has 2 saturated heterocycles. The maximum atomic E-state index is 12.2. The van der Waals surface area contributed by atoms with Crippen LogP contribution in [-0.4, -0.2) is 37.1 Å². The summed E-state index contributed by atoms with van der Waals surface area (Å²) in [5.41, 5.74) is 1.68. The van der Waals surface area contributed by atoms with Crippen LogP contribution < -0.4 is 0 Å². The highest BCUT2D eigenvalue weighted by atomic mass is 16.5. The first-order chi connectivity index (χ1) is 10.2. The summed E-state index contributed by atoms with van der Waals surface area (Å²) in [7, 11) is 0. The van der Waals surface area contributed by atoms with E-state index in [-0.39, 0.29) is 11.3 Å². The van der Waals surface area contributed by atoms with Crippen LogP contribution in [0, 0.1) is 16.7 Å². The molecule has 0 aliphatic carbocycles. The fraction of sp³-hybridized carbons (Fsp3) is 0.412. The highest BCUT2D eigenvalue weighted by Crippen LogP contribution is 2.38. The van der Waals surface area contributed by atoms with Gasteiger partial charge in [-0.2, -0.15) is 5.26 Å². The second kappa shape index (κ2) is 5.71. The lowest BCUT2D eigenvalue weighted by atomic mass is 9.87. The molecular formula is C17H18N2O2. The van der Waals surface area contributed by atoms with Gasteiger partial charge in [0.1, 0.15) is 0 Å². The number of hydrogen-bond donors (Lipinski definition) is 0. The predicted molar refractivity (Wildman–Crippen MR) is 79.3 cm³/mol. The van der Waals surface area contributed by atoms with Gasteiger partial charge in [0, 0.05) is 31.2 Å². The van der Waals surface area contributed by atoms with Gasteiger partial charge >= 0.3 is 0 Å². The van der Waals surface area contributed by atoms with E-state index in [1.54, 1.807) is 24.3 Å². The molecule has 108 valence electrons. The Kier molecular flexibility index (Phi) is 3.76. The van der Waals surface area contributed by atoms with Crippen molar-refractivity contribution < 1.29 is 9.53 Å². The molecular weight excluding hydrogens is 264 g/mol. The van der Waals surface area contributed by atoms with Crippen molar-refractivity contribution in [1.82, 2.24) is 4.90 Å². The molecule has 4 nitrogen and oxygen atoms in total. The van der Waals surface area contributed by atoms with Crippen LogP contribution in [0.25, 0.3) is 6.08 Å². The summed E-state index contributed by atoms with van der Waals surface area (Å²) >= 11 is 0. The van der Waals surface area contributed by atoms with E-state index in [1.165, 1.54) is 0 Å². The molecule has 2 fully saturated rings. The second-order valence-corrected chi connectivity index (χ2v) is 5.88.